The maximum Gasteiger partial charge on any atom is 0.126 e. The topological polar surface area (TPSA) is 55.5 Å². The van der Waals surface area contributed by atoms with Gasteiger partial charge in [0.25, 0.3) is 0 Å². The first kappa shape index (κ1) is 14.9. The fourth-order valence-electron chi connectivity index (χ4n) is 2.29. The van der Waals surface area contributed by atoms with Gasteiger partial charge in [-0.2, -0.15) is 0 Å². The number of rotatable bonds is 5. The molecule has 0 saturated carbocycles. The minimum atomic E-state index is -0.741. The molecular formula is C16H18ClNO2. The van der Waals surface area contributed by atoms with Crippen molar-refractivity contribution < 1.29 is 9.84 Å². The second-order valence-electron chi connectivity index (χ2n) is 4.58. The van der Waals surface area contributed by atoms with Gasteiger partial charge < -0.3 is 15.6 Å². The zero-order valence-electron chi connectivity index (χ0n) is 11.3. The Bertz CT molecular complexity index is 560. The van der Waals surface area contributed by atoms with Crippen LogP contribution in [0.5, 0.6) is 5.75 Å². The number of nitrogens with two attached hydrogens (primary N) is 1. The normalized spacial score (nSPS) is 13.8. The number of hydrogen-bond acceptors (Lipinski definition) is 3. The highest BCUT2D eigenvalue weighted by Crippen LogP contribution is 2.36. The van der Waals surface area contributed by atoms with Gasteiger partial charge in [-0.3, -0.25) is 0 Å². The lowest BCUT2D eigenvalue weighted by atomic mass is 9.89. The van der Waals surface area contributed by atoms with Crippen LogP contribution in [0.1, 0.15) is 23.1 Å². The molecule has 0 aliphatic heterocycles. The van der Waals surface area contributed by atoms with E-state index in [9.17, 15) is 5.11 Å². The summed E-state index contributed by atoms with van der Waals surface area (Å²) >= 11 is 5.94. The molecule has 20 heavy (non-hydrogen) atoms. The fourth-order valence-corrected chi connectivity index (χ4v) is 2.46. The van der Waals surface area contributed by atoms with Gasteiger partial charge in [0.15, 0.2) is 0 Å². The van der Waals surface area contributed by atoms with Gasteiger partial charge >= 0.3 is 0 Å². The second-order valence-corrected chi connectivity index (χ2v) is 5.02. The van der Waals surface area contributed by atoms with Crippen molar-refractivity contribution in [2.75, 3.05) is 13.7 Å². The van der Waals surface area contributed by atoms with Crippen molar-refractivity contribution in [1.82, 2.24) is 0 Å². The van der Waals surface area contributed by atoms with E-state index in [1.807, 2.05) is 30.3 Å². The maximum absolute atomic E-state index is 10.6. The third kappa shape index (κ3) is 3.12. The molecule has 0 aliphatic carbocycles. The standard InChI is InChI=1S/C16H18ClNO2/c1-20-15-9-12(17)7-8-13(15)16(19)14(10-18)11-5-3-2-4-6-11/h2-9,14,16,19H,10,18H2,1H3. The Morgan fingerprint density at radius 3 is 2.50 bits per heavy atom. The van der Waals surface area contributed by atoms with Crippen LogP contribution in [0.4, 0.5) is 0 Å². The largest absolute Gasteiger partial charge is 0.496 e. The maximum atomic E-state index is 10.6. The smallest absolute Gasteiger partial charge is 0.126 e. The van der Waals surface area contributed by atoms with Crippen LogP contribution in [0.3, 0.4) is 0 Å². The van der Waals surface area contributed by atoms with E-state index >= 15 is 0 Å². The van der Waals surface area contributed by atoms with E-state index in [2.05, 4.69) is 0 Å². The molecule has 2 aromatic carbocycles. The Kier molecular flexibility index (Phi) is 5.01. The van der Waals surface area contributed by atoms with Crippen molar-refractivity contribution in [3.05, 3.63) is 64.7 Å². The van der Waals surface area contributed by atoms with Gasteiger partial charge in [0.05, 0.1) is 13.2 Å². The summed E-state index contributed by atoms with van der Waals surface area (Å²) < 4.78 is 5.29. The molecule has 0 saturated heterocycles. The van der Waals surface area contributed by atoms with E-state index < -0.39 is 6.10 Å². The molecular weight excluding hydrogens is 274 g/mol. The van der Waals surface area contributed by atoms with Gasteiger partial charge in [0.1, 0.15) is 5.75 Å². The van der Waals surface area contributed by atoms with Crippen molar-refractivity contribution in [2.24, 2.45) is 5.73 Å². The Morgan fingerprint density at radius 2 is 1.90 bits per heavy atom. The summed E-state index contributed by atoms with van der Waals surface area (Å²) in [6.07, 6.45) is -0.741. The zero-order chi connectivity index (χ0) is 14.5. The van der Waals surface area contributed by atoms with Crippen molar-refractivity contribution >= 4 is 11.6 Å². The highest BCUT2D eigenvalue weighted by atomic mass is 35.5. The molecule has 0 heterocycles. The lowest BCUT2D eigenvalue weighted by Crippen LogP contribution is -2.20. The summed E-state index contributed by atoms with van der Waals surface area (Å²) in [6, 6.07) is 14.9. The summed E-state index contributed by atoms with van der Waals surface area (Å²) in [7, 11) is 1.56. The summed E-state index contributed by atoms with van der Waals surface area (Å²) in [6.45, 7) is 0.344. The summed E-state index contributed by atoms with van der Waals surface area (Å²) in [5.74, 6) is 0.380. The van der Waals surface area contributed by atoms with Crippen LogP contribution in [-0.4, -0.2) is 18.8 Å². The van der Waals surface area contributed by atoms with Crippen LogP contribution in [0.15, 0.2) is 48.5 Å². The van der Waals surface area contributed by atoms with Crippen LogP contribution >= 0.6 is 11.6 Å². The lowest BCUT2D eigenvalue weighted by Gasteiger charge is -2.24. The Balaban J connectivity index is 2.36. The Labute approximate surface area is 123 Å². The summed E-state index contributed by atoms with van der Waals surface area (Å²) in [5.41, 5.74) is 7.53. The van der Waals surface area contributed by atoms with Crippen molar-refractivity contribution in [1.29, 1.82) is 0 Å². The number of methoxy groups -OCH3 is 1. The molecule has 0 bridgehead atoms. The van der Waals surface area contributed by atoms with E-state index in [1.54, 1.807) is 25.3 Å². The first-order chi connectivity index (χ1) is 9.67. The molecule has 4 heteroatoms. The highest BCUT2D eigenvalue weighted by molar-refractivity contribution is 6.30. The number of benzene rings is 2. The van der Waals surface area contributed by atoms with Crippen LogP contribution in [0.25, 0.3) is 0 Å². The predicted molar refractivity (Wildman–Crippen MR) is 81.2 cm³/mol. The summed E-state index contributed by atoms with van der Waals surface area (Å²) in [5, 5.41) is 11.2. The van der Waals surface area contributed by atoms with Gasteiger partial charge in [0, 0.05) is 23.0 Å². The zero-order valence-corrected chi connectivity index (χ0v) is 12.0. The third-order valence-corrected chi connectivity index (χ3v) is 3.61. The van der Waals surface area contributed by atoms with Crippen LogP contribution in [0.2, 0.25) is 5.02 Å². The number of aliphatic hydroxyl groups excluding tert-OH is 1. The quantitative estimate of drug-likeness (QED) is 0.890. The first-order valence-electron chi connectivity index (χ1n) is 6.44. The Hall–Kier alpha value is -1.55. The molecule has 0 amide bonds. The summed E-state index contributed by atoms with van der Waals surface area (Å²) in [4.78, 5) is 0. The van der Waals surface area contributed by atoms with E-state index in [1.165, 1.54) is 0 Å². The molecule has 2 rings (SSSR count). The number of ether oxygens (including phenoxy) is 1. The van der Waals surface area contributed by atoms with Crippen LogP contribution < -0.4 is 10.5 Å². The van der Waals surface area contributed by atoms with E-state index in [4.69, 9.17) is 22.1 Å². The van der Waals surface area contributed by atoms with Crippen molar-refractivity contribution in [2.45, 2.75) is 12.0 Å². The van der Waals surface area contributed by atoms with Crippen LogP contribution in [0, 0.1) is 0 Å². The van der Waals surface area contributed by atoms with Crippen molar-refractivity contribution in [3.63, 3.8) is 0 Å². The second kappa shape index (κ2) is 6.75. The average Bonchev–Trinajstić information content (AvgIpc) is 2.48. The number of aliphatic hydroxyl groups is 1. The minimum Gasteiger partial charge on any atom is -0.496 e. The molecule has 0 aliphatic rings. The third-order valence-electron chi connectivity index (χ3n) is 3.38. The molecule has 106 valence electrons. The molecule has 0 aromatic heterocycles. The molecule has 2 atom stereocenters. The van der Waals surface area contributed by atoms with Crippen molar-refractivity contribution in [3.8, 4) is 5.75 Å². The van der Waals surface area contributed by atoms with Crippen LogP contribution in [-0.2, 0) is 0 Å². The fraction of sp³-hybridized carbons (Fsp3) is 0.250. The molecule has 3 nitrogen and oxygen atoms in total. The number of halogens is 1. The molecule has 0 spiro atoms. The van der Waals surface area contributed by atoms with E-state index in [0.717, 1.165) is 5.56 Å². The van der Waals surface area contributed by atoms with Gasteiger partial charge in [-0.25, -0.2) is 0 Å². The molecule has 0 fully saturated rings. The average molecular weight is 292 g/mol. The van der Waals surface area contributed by atoms with Gasteiger partial charge in [-0.1, -0.05) is 48.0 Å². The van der Waals surface area contributed by atoms with Gasteiger partial charge in [0.2, 0.25) is 0 Å². The molecule has 2 unspecified atom stereocenters. The monoisotopic (exact) mass is 291 g/mol. The van der Waals surface area contributed by atoms with E-state index in [-0.39, 0.29) is 5.92 Å². The SMILES string of the molecule is COc1cc(Cl)ccc1C(O)C(CN)c1ccccc1. The first-order valence-corrected chi connectivity index (χ1v) is 6.81. The molecule has 2 aromatic rings. The number of hydrogen-bond donors (Lipinski definition) is 2. The molecule has 0 radical (unpaired) electrons. The van der Waals surface area contributed by atoms with E-state index in [0.29, 0.717) is 22.9 Å². The highest BCUT2D eigenvalue weighted by Gasteiger charge is 2.24. The van der Waals surface area contributed by atoms with Gasteiger partial charge in [-0.15, -0.1) is 0 Å². The Morgan fingerprint density at radius 1 is 1.20 bits per heavy atom. The minimum absolute atomic E-state index is 0.189. The molecule has 3 N–H and O–H groups in total. The predicted octanol–water partition coefficient (Wildman–Crippen LogP) is 3.12. The van der Waals surface area contributed by atoms with Gasteiger partial charge in [-0.05, 0) is 17.7 Å². The lowest BCUT2D eigenvalue weighted by molar-refractivity contribution is 0.144.